The molecule has 0 aliphatic rings. The van der Waals surface area contributed by atoms with E-state index in [2.05, 4.69) is 25.9 Å². The van der Waals surface area contributed by atoms with E-state index in [-0.39, 0.29) is 17.8 Å². The van der Waals surface area contributed by atoms with Crippen LogP contribution in [-0.4, -0.2) is 33.1 Å². The van der Waals surface area contributed by atoms with Gasteiger partial charge in [-0.25, -0.2) is 0 Å². The summed E-state index contributed by atoms with van der Waals surface area (Å²) in [6.07, 6.45) is 0.646. The molecule has 18 heavy (non-hydrogen) atoms. The van der Waals surface area contributed by atoms with Crippen molar-refractivity contribution in [2.75, 3.05) is 6.54 Å². The van der Waals surface area contributed by atoms with Crippen LogP contribution in [0.1, 0.15) is 28.6 Å². The Balaban J connectivity index is 1.77. The van der Waals surface area contributed by atoms with Gasteiger partial charge in [-0.15, -0.1) is 10.2 Å². The third kappa shape index (κ3) is 3.11. The minimum Gasteiger partial charge on any atom is -0.349 e. The van der Waals surface area contributed by atoms with E-state index in [0.29, 0.717) is 13.0 Å². The zero-order chi connectivity index (χ0) is 12.8. The van der Waals surface area contributed by atoms with Gasteiger partial charge in [-0.3, -0.25) is 4.79 Å². The van der Waals surface area contributed by atoms with Crippen molar-refractivity contribution in [1.82, 2.24) is 25.9 Å². The van der Waals surface area contributed by atoms with Gasteiger partial charge in [0.05, 0.1) is 0 Å². The number of aromatic nitrogens is 4. The Morgan fingerprint density at radius 1 is 1.39 bits per heavy atom. The minimum atomic E-state index is -0.357. The van der Waals surface area contributed by atoms with Crippen molar-refractivity contribution in [2.24, 2.45) is 5.73 Å². The number of nitrogens with two attached hydrogens (primary N) is 1. The average molecular weight is 246 g/mol. The molecule has 1 heterocycles. The van der Waals surface area contributed by atoms with Crippen molar-refractivity contribution >= 4 is 5.91 Å². The van der Waals surface area contributed by atoms with E-state index in [4.69, 9.17) is 5.73 Å². The van der Waals surface area contributed by atoms with Crippen molar-refractivity contribution in [3.63, 3.8) is 0 Å². The molecule has 7 nitrogen and oxygen atoms in total. The normalized spacial score (nSPS) is 12.1. The summed E-state index contributed by atoms with van der Waals surface area (Å²) < 4.78 is 0. The lowest BCUT2D eigenvalue weighted by atomic mass is 10.1. The topological polar surface area (TPSA) is 110 Å². The van der Waals surface area contributed by atoms with Crippen LogP contribution in [0.15, 0.2) is 30.3 Å². The summed E-state index contributed by atoms with van der Waals surface area (Å²) in [4.78, 5) is 11.5. The number of H-pyrrole nitrogens is 1. The van der Waals surface area contributed by atoms with Crippen LogP contribution in [-0.2, 0) is 0 Å². The predicted octanol–water partition coefficient (Wildman–Crippen LogP) is 0.0196. The number of nitrogens with one attached hydrogen (secondary N) is 2. The van der Waals surface area contributed by atoms with Gasteiger partial charge < -0.3 is 11.1 Å². The van der Waals surface area contributed by atoms with Crippen LogP contribution in [0.2, 0.25) is 0 Å². The zero-order valence-electron chi connectivity index (χ0n) is 9.71. The monoisotopic (exact) mass is 246 g/mol. The number of benzene rings is 1. The van der Waals surface area contributed by atoms with Gasteiger partial charge in [-0.05, 0) is 17.2 Å². The number of hydrogen-bond acceptors (Lipinski definition) is 5. The number of aromatic amines is 1. The van der Waals surface area contributed by atoms with Crippen LogP contribution in [0, 0.1) is 0 Å². The molecule has 7 heteroatoms. The van der Waals surface area contributed by atoms with Crippen LogP contribution >= 0.6 is 0 Å². The fourth-order valence-corrected chi connectivity index (χ4v) is 1.55. The number of nitrogens with zero attached hydrogens (tertiary/aromatic N) is 3. The second-order valence-corrected chi connectivity index (χ2v) is 3.80. The van der Waals surface area contributed by atoms with E-state index in [0.717, 1.165) is 5.56 Å². The zero-order valence-corrected chi connectivity index (χ0v) is 9.71. The summed E-state index contributed by atoms with van der Waals surface area (Å²) in [6, 6.07) is 9.64. The first-order valence-corrected chi connectivity index (χ1v) is 5.59. The Labute approximate surface area is 104 Å². The number of hydrogen-bond donors (Lipinski definition) is 3. The third-order valence-corrected chi connectivity index (χ3v) is 2.52. The van der Waals surface area contributed by atoms with Gasteiger partial charge in [-0.2, -0.15) is 5.21 Å². The van der Waals surface area contributed by atoms with E-state index in [9.17, 15) is 4.79 Å². The quantitative estimate of drug-likeness (QED) is 0.689. The van der Waals surface area contributed by atoms with Gasteiger partial charge in [0.1, 0.15) is 0 Å². The molecule has 2 aromatic rings. The maximum absolute atomic E-state index is 11.5. The lowest BCUT2D eigenvalue weighted by Gasteiger charge is -2.11. The van der Waals surface area contributed by atoms with Crippen molar-refractivity contribution in [2.45, 2.75) is 12.5 Å². The lowest BCUT2D eigenvalue weighted by molar-refractivity contribution is 0.0942. The molecule has 0 bridgehead atoms. The molecule has 94 valence electrons. The molecule has 1 atom stereocenters. The van der Waals surface area contributed by atoms with Crippen molar-refractivity contribution in [1.29, 1.82) is 0 Å². The van der Waals surface area contributed by atoms with E-state index >= 15 is 0 Å². The number of carbonyl (C=O) groups excluding carboxylic acids is 1. The molecule has 1 aromatic carbocycles. The number of carbonyl (C=O) groups is 1. The predicted molar refractivity (Wildman–Crippen MR) is 64.5 cm³/mol. The van der Waals surface area contributed by atoms with E-state index in [1.807, 2.05) is 30.3 Å². The highest BCUT2D eigenvalue weighted by molar-refractivity contribution is 5.89. The second kappa shape index (κ2) is 5.87. The first kappa shape index (κ1) is 12.2. The standard InChI is InChI=1S/C11H14N6O/c12-9(8-4-2-1-3-5-8)6-7-13-11(18)10-14-16-17-15-10/h1-5,9H,6-7,12H2,(H,13,18)(H,14,15,16,17). The number of tetrazole rings is 1. The van der Waals surface area contributed by atoms with Gasteiger partial charge in [-0.1, -0.05) is 30.3 Å². The molecule has 1 aromatic heterocycles. The molecule has 1 unspecified atom stereocenters. The molecule has 2 rings (SSSR count). The van der Waals surface area contributed by atoms with E-state index in [1.165, 1.54) is 0 Å². The van der Waals surface area contributed by atoms with Crippen LogP contribution in [0.4, 0.5) is 0 Å². The van der Waals surface area contributed by atoms with Gasteiger partial charge in [0.25, 0.3) is 11.7 Å². The fourth-order valence-electron chi connectivity index (χ4n) is 1.55. The maximum atomic E-state index is 11.5. The minimum absolute atomic E-state index is 0.0308. The van der Waals surface area contributed by atoms with Crippen LogP contribution in [0.3, 0.4) is 0 Å². The molecule has 0 saturated heterocycles. The maximum Gasteiger partial charge on any atom is 0.292 e. The summed E-state index contributed by atoms with van der Waals surface area (Å²) in [5, 5.41) is 15.4. The summed E-state index contributed by atoms with van der Waals surface area (Å²) in [6.45, 7) is 0.462. The molecule has 0 aliphatic heterocycles. The molecule has 0 saturated carbocycles. The van der Waals surface area contributed by atoms with Gasteiger partial charge >= 0.3 is 0 Å². The number of amides is 1. The summed E-state index contributed by atoms with van der Waals surface area (Å²) in [5.74, 6) is -0.327. The average Bonchev–Trinajstić information content (AvgIpc) is 2.93. The lowest BCUT2D eigenvalue weighted by Crippen LogP contribution is -2.28. The van der Waals surface area contributed by atoms with Crippen LogP contribution < -0.4 is 11.1 Å². The second-order valence-electron chi connectivity index (χ2n) is 3.80. The summed E-state index contributed by atoms with van der Waals surface area (Å²) >= 11 is 0. The SMILES string of the molecule is NC(CCNC(=O)c1nn[nH]n1)c1ccccc1. The van der Waals surface area contributed by atoms with Gasteiger partial charge in [0, 0.05) is 12.6 Å². The van der Waals surface area contributed by atoms with Crippen LogP contribution in [0.5, 0.6) is 0 Å². The van der Waals surface area contributed by atoms with Gasteiger partial charge in [0.2, 0.25) is 0 Å². The van der Waals surface area contributed by atoms with Crippen molar-refractivity contribution in [3.8, 4) is 0 Å². The smallest absolute Gasteiger partial charge is 0.292 e. The Morgan fingerprint density at radius 3 is 2.83 bits per heavy atom. The summed E-state index contributed by atoms with van der Waals surface area (Å²) in [7, 11) is 0. The highest BCUT2D eigenvalue weighted by Gasteiger charge is 2.11. The molecule has 1 amide bonds. The Kier molecular flexibility index (Phi) is 3.98. The first-order valence-electron chi connectivity index (χ1n) is 5.59. The van der Waals surface area contributed by atoms with Crippen molar-refractivity contribution < 1.29 is 4.79 Å². The fraction of sp³-hybridized carbons (Fsp3) is 0.273. The van der Waals surface area contributed by atoms with Gasteiger partial charge in [0.15, 0.2) is 0 Å². The molecule has 4 N–H and O–H groups in total. The molecule has 0 radical (unpaired) electrons. The molecule has 0 spiro atoms. The van der Waals surface area contributed by atoms with E-state index in [1.54, 1.807) is 0 Å². The summed E-state index contributed by atoms with van der Waals surface area (Å²) in [5.41, 5.74) is 7.05. The number of rotatable bonds is 5. The highest BCUT2D eigenvalue weighted by atomic mass is 16.2. The van der Waals surface area contributed by atoms with Crippen molar-refractivity contribution in [3.05, 3.63) is 41.7 Å². The largest absolute Gasteiger partial charge is 0.349 e. The van der Waals surface area contributed by atoms with Crippen LogP contribution in [0.25, 0.3) is 0 Å². The molecular formula is C11H14N6O. The first-order chi connectivity index (χ1) is 8.77. The molecule has 0 aliphatic carbocycles. The Hall–Kier alpha value is -2.28. The Bertz CT molecular complexity index is 483. The van der Waals surface area contributed by atoms with E-state index < -0.39 is 0 Å². The molecule has 0 fully saturated rings. The Morgan fingerprint density at radius 2 is 2.17 bits per heavy atom. The molecular weight excluding hydrogens is 232 g/mol. The highest BCUT2D eigenvalue weighted by Crippen LogP contribution is 2.12. The third-order valence-electron chi connectivity index (χ3n) is 2.52.